The summed E-state index contributed by atoms with van der Waals surface area (Å²) in [7, 11) is 0. The number of hydrogen-bond acceptors (Lipinski definition) is 7. The van der Waals surface area contributed by atoms with Crippen molar-refractivity contribution in [2.75, 3.05) is 33.0 Å². The zero-order chi connectivity index (χ0) is 22.9. The Hall–Kier alpha value is -3.46. The van der Waals surface area contributed by atoms with Crippen LogP contribution in [0.3, 0.4) is 0 Å². The predicted octanol–water partition coefficient (Wildman–Crippen LogP) is 2.73. The summed E-state index contributed by atoms with van der Waals surface area (Å²) >= 11 is 0. The molecule has 0 aromatic heterocycles. The molecule has 2 aliphatic heterocycles. The number of benzene rings is 2. The Morgan fingerprint density at radius 2 is 1.73 bits per heavy atom. The predicted molar refractivity (Wildman–Crippen MR) is 118 cm³/mol. The number of ketones is 1. The summed E-state index contributed by atoms with van der Waals surface area (Å²) < 4.78 is 10.8. The van der Waals surface area contributed by atoms with Gasteiger partial charge < -0.3 is 14.4 Å². The van der Waals surface area contributed by atoms with Crippen LogP contribution in [0.5, 0.6) is 11.5 Å². The number of non-ortho nitro benzene ring substituents is 1. The molecule has 1 saturated heterocycles. The van der Waals surface area contributed by atoms with E-state index >= 15 is 0 Å². The molecule has 33 heavy (non-hydrogen) atoms. The molecule has 0 spiro atoms. The lowest BCUT2D eigenvalue weighted by molar-refractivity contribution is -0.384. The minimum atomic E-state index is -0.449. The summed E-state index contributed by atoms with van der Waals surface area (Å²) in [6.45, 7) is 3.75. The number of hydrogen-bond donors (Lipinski definition) is 0. The highest BCUT2D eigenvalue weighted by Gasteiger charge is 2.41. The van der Waals surface area contributed by atoms with Crippen molar-refractivity contribution in [2.24, 2.45) is 5.92 Å². The normalized spacial score (nSPS) is 22.5. The molecule has 2 aromatic rings. The van der Waals surface area contributed by atoms with Gasteiger partial charge in [0.1, 0.15) is 5.78 Å². The quantitative estimate of drug-likeness (QED) is 0.509. The lowest BCUT2D eigenvalue weighted by Gasteiger charge is -2.36. The van der Waals surface area contributed by atoms with E-state index in [1.165, 1.54) is 12.1 Å². The summed E-state index contributed by atoms with van der Waals surface area (Å²) in [5.41, 5.74) is 1.95. The van der Waals surface area contributed by atoms with Crippen LogP contribution >= 0.6 is 0 Å². The fourth-order valence-electron chi connectivity index (χ4n) is 4.97. The number of Topliss-reactive ketones (excluding diaryl/α,β-unsaturated/α-hetero) is 1. The molecule has 0 radical (unpaired) electrons. The van der Waals surface area contributed by atoms with Crippen LogP contribution in [0.4, 0.5) is 5.69 Å². The summed E-state index contributed by atoms with van der Waals surface area (Å²) in [5, 5.41) is 10.9. The topological polar surface area (TPSA) is 102 Å². The van der Waals surface area contributed by atoms with Gasteiger partial charge in [-0.3, -0.25) is 24.6 Å². The lowest BCUT2D eigenvalue weighted by Crippen LogP contribution is -2.50. The number of amides is 1. The van der Waals surface area contributed by atoms with Gasteiger partial charge in [0.15, 0.2) is 11.5 Å². The van der Waals surface area contributed by atoms with Crippen molar-refractivity contribution in [3.05, 3.63) is 63.7 Å². The maximum Gasteiger partial charge on any atom is 0.269 e. The molecule has 9 heteroatoms. The second-order valence-corrected chi connectivity index (χ2v) is 8.80. The van der Waals surface area contributed by atoms with Crippen LogP contribution in [-0.2, 0) is 16.1 Å². The molecule has 1 amide bonds. The van der Waals surface area contributed by atoms with Crippen molar-refractivity contribution in [1.82, 2.24) is 9.80 Å². The van der Waals surface area contributed by atoms with Gasteiger partial charge in [0, 0.05) is 63.6 Å². The SMILES string of the molecule is O=C1CC(c2ccc([N+](=O)[O-])cc2)[C@@H](C(=O)N2CCN(Cc3ccc4c(c3)OCO4)CC2)C1. The Balaban J connectivity index is 1.20. The van der Waals surface area contributed by atoms with Crippen molar-refractivity contribution >= 4 is 17.4 Å². The highest BCUT2D eigenvalue weighted by molar-refractivity contribution is 5.92. The molecule has 0 bridgehead atoms. The molecule has 9 nitrogen and oxygen atoms in total. The van der Waals surface area contributed by atoms with Gasteiger partial charge in [0.2, 0.25) is 12.7 Å². The lowest BCUT2D eigenvalue weighted by atomic mass is 9.87. The van der Waals surface area contributed by atoms with E-state index in [-0.39, 0.29) is 36.5 Å². The second kappa shape index (κ2) is 8.82. The molecule has 5 rings (SSSR count). The van der Waals surface area contributed by atoms with Crippen LogP contribution in [0.15, 0.2) is 42.5 Å². The first-order valence-electron chi connectivity index (χ1n) is 11.1. The van der Waals surface area contributed by atoms with Crippen LogP contribution in [0.25, 0.3) is 0 Å². The van der Waals surface area contributed by atoms with Gasteiger partial charge in [-0.05, 0) is 23.3 Å². The number of nitrogens with zero attached hydrogens (tertiary/aromatic N) is 3. The summed E-state index contributed by atoms with van der Waals surface area (Å²) in [5.74, 6) is 0.981. The molecule has 2 aromatic carbocycles. The molecule has 2 atom stereocenters. The number of carbonyl (C=O) groups excluding carboxylic acids is 2. The smallest absolute Gasteiger partial charge is 0.269 e. The van der Waals surface area contributed by atoms with E-state index < -0.39 is 10.8 Å². The average molecular weight is 451 g/mol. The van der Waals surface area contributed by atoms with E-state index in [2.05, 4.69) is 4.90 Å². The van der Waals surface area contributed by atoms with Gasteiger partial charge in [-0.2, -0.15) is 0 Å². The van der Waals surface area contributed by atoms with Gasteiger partial charge in [-0.25, -0.2) is 0 Å². The summed E-state index contributed by atoms with van der Waals surface area (Å²) in [4.78, 5) is 40.2. The standard InChI is InChI=1S/C24H25N3O6/c28-19-12-20(17-2-4-18(5-3-17)27(30)31)21(13-19)24(29)26-9-7-25(8-10-26)14-16-1-6-22-23(11-16)33-15-32-22/h1-6,11,20-21H,7-10,12-15H2/t20?,21-/m0/s1. The number of fused-ring (bicyclic) bond motifs is 1. The maximum absolute atomic E-state index is 13.3. The van der Waals surface area contributed by atoms with E-state index in [1.54, 1.807) is 12.1 Å². The van der Waals surface area contributed by atoms with Gasteiger partial charge in [-0.15, -0.1) is 0 Å². The summed E-state index contributed by atoms with van der Waals surface area (Å²) in [6, 6.07) is 12.2. The highest BCUT2D eigenvalue weighted by Crippen LogP contribution is 2.39. The van der Waals surface area contributed by atoms with Crippen molar-refractivity contribution in [3.63, 3.8) is 0 Å². The molecular formula is C24H25N3O6. The second-order valence-electron chi connectivity index (χ2n) is 8.80. The number of nitro benzene ring substituents is 1. The molecule has 1 unspecified atom stereocenters. The Kier molecular flexibility index (Phi) is 5.72. The molecular weight excluding hydrogens is 426 g/mol. The van der Waals surface area contributed by atoms with Crippen LogP contribution in [0, 0.1) is 16.0 Å². The number of rotatable bonds is 5. The fourth-order valence-corrected chi connectivity index (χ4v) is 4.97. The van der Waals surface area contributed by atoms with Crippen molar-refractivity contribution in [3.8, 4) is 11.5 Å². The fraction of sp³-hybridized carbons (Fsp3) is 0.417. The van der Waals surface area contributed by atoms with E-state index in [0.29, 0.717) is 19.5 Å². The molecule has 0 N–H and O–H groups in total. The largest absolute Gasteiger partial charge is 0.454 e. The first-order valence-corrected chi connectivity index (χ1v) is 11.1. The molecule has 1 saturated carbocycles. The van der Waals surface area contributed by atoms with Crippen molar-refractivity contribution < 1.29 is 24.0 Å². The van der Waals surface area contributed by atoms with E-state index in [4.69, 9.17) is 9.47 Å². The van der Waals surface area contributed by atoms with Crippen LogP contribution < -0.4 is 9.47 Å². The third-order valence-corrected chi connectivity index (χ3v) is 6.76. The van der Waals surface area contributed by atoms with Crippen LogP contribution in [0.1, 0.15) is 29.9 Å². The van der Waals surface area contributed by atoms with E-state index in [1.807, 2.05) is 23.1 Å². The van der Waals surface area contributed by atoms with Crippen molar-refractivity contribution in [2.45, 2.75) is 25.3 Å². The first kappa shape index (κ1) is 21.4. The molecule has 2 fully saturated rings. The minimum absolute atomic E-state index is 0.00420. The van der Waals surface area contributed by atoms with Crippen LogP contribution in [-0.4, -0.2) is 59.4 Å². The number of piperazine rings is 1. The molecule has 172 valence electrons. The zero-order valence-corrected chi connectivity index (χ0v) is 18.1. The average Bonchev–Trinajstić information content (AvgIpc) is 3.45. The van der Waals surface area contributed by atoms with Gasteiger partial charge in [-0.1, -0.05) is 18.2 Å². The number of ether oxygens (including phenoxy) is 2. The number of carbonyl (C=O) groups is 2. The number of nitro groups is 1. The molecule has 2 heterocycles. The molecule has 3 aliphatic rings. The third-order valence-electron chi connectivity index (χ3n) is 6.76. The highest BCUT2D eigenvalue weighted by atomic mass is 16.7. The van der Waals surface area contributed by atoms with Gasteiger partial charge >= 0.3 is 0 Å². The van der Waals surface area contributed by atoms with Crippen LogP contribution in [0.2, 0.25) is 0 Å². The Morgan fingerprint density at radius 3 is 2.45 bits per heavy atom. The first-order chi connectivity index (χ1) is 16.0. The summed E-state index contributed by atoms with van der Waals surface area (Å²) in [6.07, 6.45) is 0.538. The van der Waals surface area contributed by atoms with Gasteiger partial charge in [0.25, 0.3) is 5.69 Å². The van der Waals surface area contributed by atoms with Gasteiger partial charge in [0.05, 0.1) is 10.8 Å². The molecule has 1 aliphatic carbocycles. The van der Waals surface area contributed by atoms with E-state index in [0.717, 1.165) is 42.3 Å². The third kappa shape index (κ3) is 4.41. The Labute approximate surface area is 191 Å². The Bertz CT molecular complexity index is 1080. The van der Waals surface area contributed by atoms with Crippen molar-refractivity contribution in [1.29, 1.82) is 0 Å². The zero-order valence-electron chi connectivity index (χ0n) is 18.1. The Morgan fingerprint density at radius 1 is 1.00 bits per heavy atom. The monoisotopic (exact) mass is 451 g/mol. The minimum Gasteiger partial charge on any atom is -0.454 e. The maximum atomic E-state index is 13.3. The van der Waals surface area contributed by atoms with E-state index in [9.17, 15) is 19.7 Å².